The van der Waals surface area contributed by atoms with Crippen LogP contribution >= 0.6 is 0 Å². The van der Waals surface area contributed by atoms with Crippen LogP contribution in [0.2, 0.25) is 0 Å². The average molecular weight is 542 g/mol. The lowest BCUT2D eigenvalue weighted by Crippen LogP contribution is -2.13. The van der Waals surface area contributed by atoms with Crippen molar-refractivity contribution in [3.8, 4) is 17.6 Å². The summed E-state index contributed by atoms with van der Waals surface area (Å²) in [5, 5.41) is 23.3. The lowest BCUT2D eigenvalue weighted by atomic mass is 10.0. The van der Waals surface area contributed by atoms with Gasteiger partial charge in [0.05, 0.1) is 24.2 Å². The van der Waals surface area contributed by atoms with Gasteiger partial charge in [0.25, 0.3) is 11.6 Å². The number of rotatable bonds is 12. The topological polar surface area (TPSA) is 141 Å². The van der Waals surface area contributed by atoms with E-state index in [1.807, 2.05) is 13.0 Å². The normalized spacial score (nSPS) is 10.7. The summed E-state index contributed by atoms with van der Waals surface area (Å²) >= 11 is 0. The van der Waals surface area contributed by atoms with Crippen molar-refractivity contribution in [1.29, 1.82) is 5.26 Å². The molecule has 0 heterocycles. The van der Waals surface area contributed by atoms with Gasteiger partial charge >= 0.3 is 5.97 Å². The standard InChI is InChI=1S/C30H27N3O7/c1-4-6-23-15-21(16-24(18-31)29(34)32-25-11-9-22(10-12-25)30(35)38-3)17-27(39-5-2)28(23)40-19-20-7-13-26(14-8-20)33(36)37/h4,7-17H,1,5-6,19H2,2-3H3,(H,32,34)/b24-16+. The fraction of sp³-hybridized carbons (Fsp3) is 0.167. The van der Waals surface area contributed by atoms with E-state index >= 15 is 0 Å². The Morgan fingerprint density at radius 1 is 1.10 bits per heavy atom. The highest BCUT2D eigenvalue weighted by molar-refractivity contribution is 6.09. The van der Waals surface area contributed by atoms with Gasteiger partial charge in [-0.15, -0.1) is 6.58 Å². The quantitative estimate of drug-likeness (QED) is 0.0776. The molecule has 204 valence electrons. The van der Waals surface area contributed by atoms with Crippen molar-refractivity contribution >= 4 is 29.3 Å². The number of nitrogens with one attached hydrogen (secondary N) is 1. The molecule has 1 N–H and O–H groups in total. The maximum Gasteiger partial charge on any atom is 0.337 e. The molecule has 10 heteroatoms. The number of methoxy groups -OCH3 is 1. The Morgan fingerprint density at radius 3 is 2.38 bits per heavy atom. The first-order valence-corrected chi connectivity index (χ1v) is 12.2. The number of non-ortho nitro benzene ring substituents is 1. The zero-order valence-corrected chi connectivity index (χ0v) is 22.0. The van der Waals surface area contributed by atoms with E-state index in [-0.39, 0.29) is 17.9 Å². The Labute approximate surface area is 231 Å². The highest BCUT2D eigenvalue weighted by atomic mass is 16.6. The second-order valence-corrected chi connectivity index (χ2v) is 8.34. The molecule has 0 spiro atoms. The van der Waals surface area contributed by atoms with Crippen LogP contribution in [0, 0.1) is 21.4 Å². The lowest BCUT2D eigenvalue weighted by Gasteiger charge is -2.17. The summed E-state index contributed by atoms with van der Waals surface area (Å²) in [5.41, 5.74) is 2.54. The largest absolute Gasteiger partial charge is 0.490 e. The van der Waals surface area contributed by atoms with Gasteiger partial charge in [0.2, 0.25) is 0 Å². The number of esters is 1. The number of carbonyl (C=O) groups excluding carboxylic acids is 2. The van der Waals surface area contributed by atoms with Gasteiger partial charge in [0.15, 0.2) is 11.5 Å². The Kier molecular flexibility index (Phi) is 10.1. The third-order valence-corrected chi connectivity index (χ3v) is 5.59. The molecule has 0 aliphatic heterocycles. The van der Waals surface area contributed by atoms with Crippen molar-refractivity contribution in [2.24, 2.45) is 0 Å². The number of amides is 1. The smallest absolute Gasteiger partial charge is 0.337 e. The summed E-state index contributed by atoms with van der Waals surface area (Å²) in [6, 6.07) is 17.5. The van der Waals surface area contributed by atoms with Crippen LogP contribution in [0.1, 0.15) is 34.0 Å². The van der Waals surface area contributed by atoms with Gasteiger partial charge in [0, 0.05) is 23.4 Å². The van der Waals surface area contributed by atoms with Crippen LogP contribution in [0.15, 0.2) is 78.9 Å². The number of allylic oxidation sites excluding steroid dienone is 1. The molecule has 10 nitrogen and oxygen atoms in total. The molecule has 0 fully saturated rings. The number of carbonyl (C=O) groups is 2. The minimum Gasteiger partial charge on any atom is -0.490 e. The predicted octanol–water partition coefficient (Wildman–Crippen LogP) is 5.63. The van der Waals surface area contributed by atoms with E-state index in [1.165, 1.54) is 49.6 Å². The summed E-state index contributed by atoms with van der Waals surface area (Å²) in [5.74, 6) is -0.261. The SMILES string of the molecule is C=CCc1cc(/C=C(\C#N)C(=O)Nc2ccc(C(=O)OC)cc2)cc(OCC)c1OCc1ccc([N+](=O)[O-])cc1. The molecule has 0 bridgehead atoms. The number of nitrogens with zero attached hydrogens (tertiary/aromatic N) is 2. The molecular formula is C30H27N3O7. The monoisotopic (exact) mass is 541 g/mol. The number of nitriles is 1. The number of nitro groups is 1. The predicted molar refractivity (Wildman–Crippen MR) is 149 cm³/mol. The number of hydrogen-bond donors (Lipinski definition) is 1. The van der Waals surface area contributed by atoms with Crippen LogP contribution in [0.25, 0.3) is 6.08 Å². The third kappa shape index (κ3) is 7.55. The number of ether oxygens (including phenoxy) is 3. The van der Waals surface area contributed by atoms with Crippen molar-refractivity contribution in [3.05, 3.63) is 111 Å². The van der Waals surface area contributed by atoms with Crippen LogP contribution in [-0.2, 0) is 22.6 Å². The third-order valence-electron chi connectivity index (χ3n) is 5.59. The molecule has 0 radical (unpaired) electrons. The minimum atomic E-state index is -0.630. The maximum absolute atomic E-state index is 12.8. The molecule has 40 heavy (non-hydrogen) atoms. The minimum absolute atomic E-state index is 0.0159. The molecule has 0 aliphatic rings. The highest BCUT2D eigenvalue weighted by Crippen LogP contribution is 2.35. The van der Waals surface area contributed by atoms with Gasteiger partial charge in [0.1, 0.15) is 18.2 Å². The number of anilines is 1. The summed E-state index contributed by atoms with van der Waals surface area (Å²) < 4.78 is 16.5. The number of benzene rings is 3. The lowest BCUT2D eigenvalue weighted by molar-refractivity contribution is -0.384. The Bertz CT molecular complexity index is 1470. The Hall–Kier alpha value is -5.43. The molecule has 3 aromatic rings. The molecule has 3 rings (SSSR count). The van der Waals surface area contributed by atoms with Gasteiger partial charge in [-0.2, -0.15) is 5.26 Å². The van der Waals surface area contributed by atoms with E-state index in [4.69, 9.17) is 9.47 Å². The van der Waals surface area contributed by atoms with Crippen molar-refractivity contribution in [3.63, 3.8) is 0 Å². The zero-order chi connectivity index (χ0) is 29.1. The van der Waals surface area contributed by atoms with Gasteiger partial charge in [-0.3, -0.25) is 14.9 Å². The van der Waals surface area contributed by atoms with Crippen molar-refractivity contribution in [1.82, 2.24) is 0 Å². The van der Waals surface area contributed by atoms with E-state index in [1.54, 1.807) is 30.3 Å². The van der Waals surface area contributed by atoms with Crippen LogP contribution in [-0.4, -0.2) is 30.5 Å². The van der Waals surface area contributed by atoms with Gasteiger partial charge in [-0.05, 0) is 79.1 Å². The second kappa shape index (κ2) is 13.9. The number of nitro benzene ring substituents is 1. The molecule has 0 saturated heterocycles. The number of hydrogen-bond acceptors (Lipinski definition) is 8. The van der Waals surface area contributed by atoms with Crippen LogP contribution in [0.5, 0.6) is 11.5 Å². The fourth-order valence-electron chi connectivity index (χ4n) is 3.69. The second-order valence-electron chi connectivity index (χ2n) is 8.34. The molecule has 1 amide bonds. The molecule has 0 aromatic heterocycles. The van der Waals surface area contributed by atoms with Gasteiger partial charge in [-0.1, -0.05) is 6.08 Å². The molecule has 0 aliphatic carbocycles. The summed E-state index contributed by atoms with van der Waals surface area (Å²) in [6.07, 6.45) is 3.54. The van der Waals surface area contributed by atoms with Crippen LogP contribution in [0.3, 0.4) is 0 Å². The zero-order valence-electron chi connectivity index (χ0n) is 22.0. The first kappa shape index (κ1) is 29.1. The van der Waals surface area contributed by atoms with Crippen molar-refractivity contribution in [2.75, 3.05) is 19.0 Å². The summed E-state index contributed by atoms with van der Waals surface area (Å²) in [4.78, 5) is 34.9. The van der Waals surface area contributed by atoms with Crippen LogP contribution in [0.4, 0.5) is 11.4 Å². The van der Waals surface area contributed by atoms with Gasteiger partial charge < -0.3 is 19.5 Å². The van der Waals surface area contributed by atoms with Gasteiger partial charge in [-0.25, -0.2) is 4.79 Å². The van der Waals surface area contributed by atoms with E-state index in [0.717, 1.165) is 5.56 Å². The summed E-state index contributed by atoms with van der Waals surface area (Å²) in [6.45, 7) is 6.09. The Balaban J connectivity index is 1.87. The van der Waals surface area contributed by atoms with E-state index < -0.39 is 16.8 Å². The van der Waals surface area contributed by atoms with E-state index in [2.05, 4.69) is 16.6 Å². The molecule has 3 aromatic carbocycles. The molecular weight excluding hydrogens is 514 g/mol. The van der Waals surface area contributed by atoms with Crippen molar-refractivity contribution < 1.29 is 28.7 Å². The molecule has 0 atom stereocenters. The van der Waals surface area contributed by atoms with Crippen molar-refractivity contribution in [2.45, 2.75) is 20.0 Å². The molecule has 0 saturated carbocycles. The fourth-order valence-corrected chi connectivity index (χ4v) is 3.69. The molecule has 0 unspecified atom stereocenters. The van der Waals surface area contributed by atoms with E-state index in [0.29, 0.717) is 46.9 Å². The summed E-state index contributed by atoms with van der Waals surface area (Å²) in [7, 11) is 1.27. The first-order chi connectivity index (χ1) is 19.3. The first-order valence-electron chi connectivity index (χ1n) is 12.2. The highest BCUT2D eigenvalue weighted by Gasteiger charge is 2.16. The Morgan fingerprint density at radius 2 is 1.80 bits per heavy atom. The average Bonchev–Trinajstić information content (AvgIpc) is 2.96. The maximum atomic E-state index is 12.8. The van der Waals surface area contributed by atoms with E-state index in [9.17, 15) is 25.0 Å². The van der Waals surface area contributed by atoms with Crippen LogP contribution < -0.4 is 14.8 Å².